The average molecular weight is 356 g/mol. The van der Waals surface area contributed by atoms with Crippen LogP contribution < -0.4 is 4.90 Å². The summed E-state index contributed by atoms with van der Waals surface area (Å²) in [6, 6.07) is 3.75. The fourth-order valence-electron chi connectivity index (χ4n) is 3.09. The van der Waals surface area contributed by atoms with E-state index in [1.807, 2.05) is 29.0 Å². The van der Waals surface area contributed by atoms with Crippen molar-refractivity contribution in [3.8, 4) is 12.3 Å². The lowest BCUT2D eigenvalue weighted by Crippen LogP contribution is -2.49. The van der Waals surface area contributed by atoms with Crippen LogP contribution in [0.3, 0.4) is 0 Å². The summed E-state index contributed by atoms with van der Waals surface area (Å²) in [6.45, 7) is 2.39. The van der Waals surface area contributed by atoms with Crippen LogP contribution in [0.15, 0.2) is 28.6 Å². The first-order valence-electron chi connectivity index (χ1n) is 8.88. The Kier molecular flexibility index (Phi) is 5.78. The smallest absolute Gasteiger partial charge is 0.222 e. The van der Waals surface area contributed by atoms with Crippen molar-refractivity contribution in [1.82, 2.24) is 15.1 Å². The normalized spacial score (nSPS) is 20.5. The van der Waals surface area contributed by atoms with Crippen molar-refractivity contribution in [2.45, 2.75) is 37.5 Å². The van der Waals surface area contributed by atoms with E-state index in [9.17, 15) is 4.79 Å². The molecule has 2 aliphatic heterocycles. The summed E-state index contributed by atoms with van der Waals surface area (Å²) >= 11 is 0. The van der Waals surface area contributed by atoms with Crippen molar-refractivity contribution in [1.29, 1.82) is 0 Å². The fraction of sp³-hybridized carbons (Fsp3) is 0.611. The number of hydrogen-bond donors (Lipinski definition) is 0. The molecule has 8 heteroatoms. The molecule has 0 N–H and O–H groups in total. The maximum Gasteiger partial charge on any atom is 0.222 e. The zero-order valence-electron chi connectivity index (χ0n) is 15.0. The van der Waals surface area contributed by atoms with E-state index in [1.54, 1.807) is 6.20 Å². The first-order chi connectivity index (χ1) is 12.6. The van der Waals surface area contributed by atoms with Crippen LogP contribution in [0, 0.1) is 12.3 Å². The molecule has 1 atom stereocenters. The molecule has 8 nitrogen and oxygen atoms in total. The molecule has 3 rings (SSSR count). The second-order valence-electron chi connectivity index (χ2n) is 6.68. The molecule has 3 heterocycles. The van der Waals surface area contributed by atoms with Crippen LogP contribution in [0.1, 0.15) is 25.7 Å². The zero-order chi connectivity index (χ0) is 18.4. The largest absolute Gasteiger partial charge is 0.373 e. The molecule has 1 fully saturated rings. The number of anilines is 1. The number of rotatable bonds is 8. The molecule has 1 aromatic heterocycles. The van der Waals surface area contributed by atoms with E-state index < -0.39 is 5.66 Å². The minimum Gasteiger partial charge on any atom is -0.373 e. The van der Waals surface area contributed by atoms with Gasteiger partial charge in [-0.2, -0.15) is 15.3 Å². The van der Waals surface area contributed by atoms with E-state index in [4.69, 9.17) is 11.2 Å². The van der Waals surface area contributed by atoms with Gasteiger partial charge >= 0.3 is 0 Å². The van der Waals surface area contributed by atoms with Crippen LogP contribution in [0.25, 0.3) is 0 Å². The highest BCUT2D eigenvalue weighted by atomic mass is 16.5. The summed E-state index contributed by atoms with van der Waals surface area (Å²) in [5, 5.41) is 16.2. The van der Waals surface area contributed by atoms with Crippen molar-refractivity contribution in [2.24, 2.45) is 10.2 Å². The Morgan fingerprint density at radius 1 is 1.50 bits per heavy atom. The molecule has 0 aromatic carbocycles. The Morgan fingerprint density at radius 2 is 2.35 bits per heavy atom. The third kappa shape index (κ3) is 4.76. The highest BCUT2D eigenvalue weighted by molar-refractivity contribution is 5.76. The van der Waals surface area contributed by atoms with Gasteiger partial charge in [-0.25, -0.2) is 0 Å². The van der Waals surface area contributed by atoms with Gasteiger partial charge in [0.1, 0.15) is 0 Å². The average Bonchev–Trinajstić information content (AvgIpc) is 3.45. The number of hydrogen-bond acceptors (Lipinski definition) is 7. The summed E-state index contributed by atoms with van der Waals surface area (Å²) < 4.78 is 5.82. The summed E-state index contributed by atoms with van der Waals surface area (Å²) in [6.07, 6.45) is 9.32. The van der Waals surface area contributed by atoms with Crippen molar-refractivity contribution >= 4 is 11.7 Å². The summed E-state index contributed by atoms with van der Waals surface area (Å²) in [5.41, 5.74) is -0.403. The fourth-order valence-corrected chi connectivity index (χ4v) is 3.09. The maximum absolute atomic E-state index is 12.6. The van der Waals surface area contributed by atoms with E-state index in [2.05, 4.69) is 26.3 Å². The van der Waals surface area contributed by atoms with Gasteiger partial charge in [0.2, 0.25) is 5.91 Å². The number of likely N-dealkylation sites (N-methyl/N-ethyl adjacent to an activating group) is 1. The predicted molar refractivity (Wildman–Crippen MR) is 96.5 cm³/mol. The number of ether oxygens (including phenoxy) is 1. The molecule has 1 saturated heterocycles. The molecule has 26 heavy (non-hydrogen) atoms. The predicted octanol–water partition coefficient (Wildman–Crippen LogP) is 1.50. The molecule has 2 aliphatic rings. The lowest BCUT2D eigenvalue weighted by Gasteiger charge is -2.35. The van der Waals surface area contributed by atoms with Gasteiger partial charge in [-0.3, -0.25) is 4.79 Å². The minimum atomic E-state index is -0.403. The summed E-state index contributed by atoms with van der Waals surface area (Å²) in [7, 11) is 1.94. The van der Waals surface area contributed by atoms with Gasteiger partial charge in [0.05, 0.1) is 12.7 Å². The highest BCUT2D eigenvalue weighted by Crippen LogP contribution is 2.37. The highest BCUT2D eigenvalue weighted by Gasteiger charge is 2.40. The maximum atomic E-state index is 12.6. The molecule has 0 spiro atoms. The Hall–Kier alpha value is -2.53. The zero-order valence-corrected chi connectivity index (χ0v) is 15.0. The van der Waals surface area contributed by atoms with Crippen LogP contribution in [-0.4, -0.2) is 66.1 Å². The number of aromatic nitrogens is 2. The lowest BCUT2D eigenvalue weighted by molar-refractivity contribution is -0.138. The first-order valence-corrected chi connectivity index (χ1v) is 8.88. The first kappa shape index (κ1) is 18.3. The molecule has 0 bridgehead atoms. The van der Waals surface area contributed by atoms with Crippen molar-refractivity contribution in [2.75, 3.05) is 38.2 Å². The number of morpholine rings is 1. The van der Waals surface area contributed by atoms with Gasteiger partial charge in [-0.05, 0) is 12.1 Å². The Balaban J connectivity index is 1.46. The summed E-state index contributed by atoms with van der Waals surface area (Å²) in [5.74, 6) is 3.51. The Labute approximate surface area is 153 Å². The number of amides is 1. The molecular weight excluding hydrogens is 332 g/mol. The number of carbonyl (C=O) groups is 1. The molecule has 0 aliphatic carbocycles. The van der Waals surface area contributed by atoms with Crippen LogP contribution >= 0.6 is 0 Å². The van der Waals surface area contributed by atoms with E-state index in [0.29, 0.717) is 45.5 Å². The minimum absolute atomic E-state index is 0.0505. The van der Waals surface area contributed by atoms with Gasteiger partial charge in [0, 0.05) is 58.6 Å². The van der Waals surface area contributed by atoms with Crippen molar-refractivity contribution in [3.05, 3.63) is 18.3 Å². The topological polar surface area (TPSA) is 83.3 Å². The Morgan fingerprint density at radius 3 is 3.04 bits per heavy atom. The standard InChI is InChI=1S/C18H24N6O2/c1-3-4-8-18(21-22-18)9-7-17(25)24-11-12-26-15(14-24)13-23(2)16-6-5-10-19-20-16/h1,5-6,10,15H,4,7-9,11-14H2,2H3. The van der Waals surface area contributed by atoms with E-state index >= 15 is 0 Å². The van der Waals surface area contributed by atoms with Gasteiger partial charge in [-0.1, -0.05) is 0 Å². The van der Waals surface area contributed by atoms with Gasteiger partial charge < -0.3 is 14.5 Å². The lowest BCUT2D eigenvalue weighted by atomic mass is 10.0. The molecule has 138 valence electrons. The molecule has 1 unspecified atom stereocenters. The monoisotopic (exact) mass is 356 g/mol. The number of carbonyl (C=O) groups excluding carboxylic acids is 1. The molecule has 0 radical (unpaired) electrons. The van der Waals surface area contributed by atoms with E-state index in [0.717, 1.165) is 12.2 Å². The Bertz CT molecular complexity index is 681. The van der Waals surface area contributed by atoms with Gasteiger partial charge in [0.15, 0.2) is 11.5 Å². The van der Waals surface area contributed by atoms with E-state index in [1.165, 1.54) is 0 Å². The van der Waals surface area contributed by atoms with E-state index in [-0.39, 0.29) is 12.0 Å². The number of nitrogens with zero attached hydrogens (tertiary/aromatic N) is 6. The number of terminal acetylenes is 1. The second-order valence-corrected chi connectivity index (χ2v) is 6.68. The molecule has 0 saturated carbocycles. The van der Waals surface area contributed by atoms with Crippen LogP contribution in [-0.2, 0) is 9.53 Å². The van der Waals surface area contributed by atoms with Crippen LogP contribution in [0.4, 0.5) is 5.82 Å². The van der Waals surface area contributed by atoms with Gasteiger partial charge in [-0.15, -0.1) is 17.4 Å². The molecular formula is C18H24N6O2. The third-order valence-corrected chi connectivity index (χ3v) is 4.71. The third-order valence-electron chi connectivity index (χ3n) is 4.71. The van der Waals surface area contributed by atoms with Crippen LogP contribution in [0.2, 0.25) is 0 Å². The second kappa shape index (κ2) is 8.23. The molecule has 1 aromatic rings. The van der Waals surface area contributed by atoms with Crippen molar-refractivity contribution < 1.29 is 9.53 Å². The SMILES string of the molecule is C#CCCC1(CCC(=O)N2CCOC(CN(C)c3cccnn3)C2)N=N1. The van der Waals surface area contributed by atoms with Gasteiger partial charge in [0.25, 0.3) is 0 Å². The summed E-state index contributed by atoms with van der Waals surface area (Å²) in [4.78, 5) is 16.4. The molecule has 1 amide bonds. The quantitative estimate of drug-likeness (QED) is 0.659. The van der Waals surface area contributed by atoms with Crippen LogP contribution in [0.5, 0.6) is 0 Å². The van der Waals surface area contributed by atoms with Crippen molar-refractivity contribution in [3.63, 3.8) is 0 Å².